The Hall–Kier alpha value is -1.36. The summed E-state index contributed by atoms with van der Waals surface area (Å²) in [5, 5.41) is 6.64. The van der Waals surface area contributed by atoms with Crippen molar-refractivity contribution in [2.45, 2.75) is 69.0 Å². The first-order valence-electron chi connectivity index (χ1n) is 8.26. The number of carbonyl (C=O) groups is 1. The van der Waals surface area contributed by atoms with E-state index in [1.54, 1.807) is 11.8 Å². The minimum absolute atomic E-state index is 0.221. The van der Waals surface area contributed by atoms with Crippen LogP contribution >= 0.6 is 11.8 Å². The van der Waals surface area contributed by atoms with Gasteiger partial charge in [0, 0.05) is 22.7 Å². The molecule has 0 unspecified atom stereocenters. The van der Waals surface area contributed by atoms with Crippen molar-refractivity contribution in [1.29, 1.82) is 0 Å². The van der Waals surface area contributed by atoms with E-state index in [0.717, 1.165) is 25.7 Å². The van der Waals surface area contributed by atoms with Gasteiger partial charge in [-0.3, -0.25) is 0 Å². The van der Waals surface area contributed by atoms with Crippen LogP contribution in [-0.4, -0.2) is 30.0 Å². The third-order valence-corrected chi connectivity index (χ3v) is 4.71. The lowest BCUT2D eigenvalue weighted by atomic mass is 9.91. The molecule has 4 nitrogen and oxygen atoms in total. The third-order valence-electron chi connectivity index (χ3n) is 3.91. The van der Waals surface area contributed by atoms with Crippen LogP contribution in [0.25, 0.3) is 0 Å². The lowest BCUT2D eigenvalue weighted by molar-refractivity contribution is 0.0492. The molecule has 0 aromatic heterocycles. The highest BCUT2D eigenvalue weighted by Gasteiger charge is 2.24. The van der Waals surface area contributed by atoms with Crippen LogP contribution in [0.3, 0.4) is 0 Å². The molecule has 2 N–H and O–H groups in total. The molecule has 0 heterocycles. The fourth-order valence-corrected chi connectivity index (χ4v) is 3.40. The molecule has 0 saturated heterocycles. The molecule has 1 aliphatic carbocycles. The number of hydrogen-bond acceptors (Lipinski definition) is 4. The largest absolute Gasteiger partial charge is 0.444 e. The molecule has 1 aromatic rings. The lowest BCUT2D eigenvalue weighted by Gasteiger charge is -2.31. The third kappa shape index (κ3) is 5.98. The van der Waals surface area contributed by atoms with Gasteiger partial charge < -0.3 is 15.4 Å². The molecular weight excluding hydrogens is 308 g/mol. The Labute approximate surface area is 143 Å². The van der Waals surface area contributed by atoms with Crippen LogP contribution in [0, 0.1) is 0 Å². The Kier molecular flexibility index (Phi) is 6.22. The predicted octanol–water partition coefficient (Wildman–Crippen LogP) is 4.66. The van der Waals surface area contributed by atoms with E-state index in [1.807, 2.05) is 20.8 Å². The van der Waals surface area contributed by atoms with Crippen LogP contribution in [-0.2, 0) is 4.74 Å². The van der Waals surface area contributed by atoms with Gasteiger partial charge in [-0.1, -0.05) is 12.1 Å². The molecule has 0 radical (unpaired) electrons. The van der Waals surface area contributed by atoms with E-state index < -0.39 is 5.60 Å². The van der Waals surface area contributed by atoms with Crippen LogP contribution in [0.2, 0.25) is 0 Å². The van der Waals surface area contributed by atoms with Gasteiger partial charge in [-0.2, -0.15) is 0 Å². The number of nitrogens with one attached hydrogen (secondary N) is 2. The zero-order valence-electron chi connectivity index (χ0n) is 14.5. The number of thioether (sulfide) groups is 1. The van der Waals surface area contributed by atoms with Gasteiger partial charge in [0.05, 0.1) is 0 Å². The molecule has 0 atom stereocenters. The topological polar surface area (TPSA) is 50.4 Å². The Morgan fingerprint density at radius 2 is 1.74 bits per heavy atom. The maximum Gasteiger partial charge on any atom is 0.407 e. The Morgan fingerprint density at radius 3 is 2.35 bits per heavy atom. The van der Waals surface area contributed by atoms with E-state index in [4.69, 9.17) is 4.74 Å². The van der Waals surface area contributed by atoms with Crippen molar-refractivity contribution < 1.29 is 9.53 Å². The first-order valence-corrected chi connectivity index (χ1v) is 9.49. The molecule has 1 amide bonds. The summed E-state index contributed by atoms with van der Waals surface area (Å²) >= 11 is 1.76. The highest BCUT2D eigenvalue weighted by atomic mass is 32.2. The quantitative estimate of drug-likeness (QED) is 0.785. The second kappa shape index (κ2) is 7.95. The van der Waals surface area contributed by atoms with Crippen molar-refractivity contribution in [3.8, 4) is 0 Å². The monoisotopic (exact) mass is 336 g/mol. The van der Waals surface area contributed by atoms with E-state index in [1.165, 1.54) is 10.6 Å². The van der Waals surface area contributed by atoms with Crippen LogP contribution < -0.4 is 10.6 Å². The number of ether oxygens (including phenoxy) is 1. The maximum atomic E-state index is 11.8. The molecule has 23 heavy (non-hydrogen) atoms. The van der Waals surface area contributed by atoms with E-state index in [0.29, 0.717) is 6.04 Å². The molecule has 1 aliphatic rings. The molecular formula is C18H28N2O2S. The van der Waals surface area contributed by atoms with Crippen molar-refractivity contribution in [2.75, 3.05) is 11.6 Å². The Balaban J connectivity index is 1.79. The molecule has 5 heteroatoms. The van der Waals surface area contributed by atoms with Crippen molar-refractivity contribution in [1.82, 2.24) is 5.32 Å². The van der Waals surface area contributed by atoms with Gasteiger partial charge >= 0.3 is 6.09 Å². The van der Waals surface area contributed by atoms with Gasteiger partial charge in [0.15, 0.2) is 0 Å². The summed E-state index contributed by atoms with van der Waals surface area (Å²) in [5.74, 6) is 0. The number of alkyl carbamates (subject to hydrolysis) is 1. The smallest absolute Gasteiger partial charge is 0.407 e. The minimum atomic E-state index is -0.440. The minimum Gasteiger partial charge on any atom is -0.444 e. The zero-order chi connectivity index (χ0) is 16.9. The normalized spacial score (nSPS) is 21.6. The van der Waals surface area contributed by atoms with Gasteiger partial charge in [0.2, 0.25) is 0 Å². The first kappa shape index (κ1) is 18.0. The highest BCUT2D eigenvalue weighted by Crippen LogP contribution is 2.28. The molecule has 1 fully saturated rings. The number of anilines is 1. The number of rotatable bonds is 4. The van der Waals surface area contributed by atoms with E-state index in [-0.39, 0.29) is 12.1 Å². The van der Waals surface area contributed by atoms with E-state index in [2.05, 4.69) is 41.2 Å². The van der Waals surface area contributed by atoms with Crippen LogP contribution in [0.5, 0.6) is 0 Å². The molecule has 1 aromatic carbocycles. The number of para-hydroxylation sites is 1. The highest BCUT2D eigenvalue weighted by molar-refractivity contribution is 7.98. The second-order valence-corrected chi connectivity index (χ2v) is 7.89. The van der Waals surface area contributed by atoms with Crippen LogP contribution in [0.4, 0.5) is 10.5 Å². The fraction of sp³-hybridized carbons (Fsp3) is 0.611. The van der Waals surface area contributed by atoms with E-state index >= 15 is 0 Å². The van der Waals surface area contributed by atoms with E-state index in [9.17, 15) is 4.79 Å². The van der Waals surface area contributed by atoms with Crippen molar-refractivity contribution >= 4 is 23.5 Å². The summed E-state index contributed by atoms with van der Waals surface area (Å²) in [7, 11) is 0. The van der Waals surface area contributed by atoms with Crippen molar-refractivity contribution in [3.63, 3.8) is 0 Å². The maximum absolute atomic E-state index is 11.8. The molecule has 2 rings (SSSR count). The zero-order valence-corrected chi connectivity index (χ0v) is 15.3. The lowest BCUT2D eigenvalue weighted by Crippen LogP contribution is -2.42. The molecule has 0 bridgehead atoms. The predicted molar refractivity (Wildman–Crippen MR) is 97.3 cm³/mol. The Bertz CT molecular complexity index is 520. The summed E-state index contributed by atoms with van der Waals surface area (Å²) < 4.78 is 5.32. The summed E-state index contributed by atoms with van der Waals surface area (Å²) in [6.45, 7) is 5.66. The molecule has 0 aliphatic heterocycles. The number of carbonyl (C=O) groups excluding carboxylic acids is 1. The average Bonchev–Trinajstić information content (AvgIpc) is 2.48. The molecule has 1 saturated carbocycles. The van der Waals surface area contributed by atoms with Gasteiger partial charge in [-0.25, -0.2) is 4.79 Å². The number of benzene rings is 1. The van der Waals surface area contributed by atoms with Crippen LogP contribution in [0.1, 0.15) is 46.5 Å². The van der Waals surface area contributed by atoms with Crippen molar-refractivity contribution in [2.24, 2.45) is 0 Å². The molecule has 0 spiro atoms. The Morgan fingerprint density at radius 1 is 1.13 bits per heavy atom. The van der Waals surface area contributed by atoms with Crippen LogP contribution in [0.15, 0.2) is 29.2 Å². The summed E-state index contributed by atoms with van der Waals surface area (Å²) in [6, 6.07) is 9.11. The van der Waals surface area contributed by atoms with Gasteiger partial charge in [-0.05, 0) is 64.8 Å². The average molecular weight is 337 g/mol. The second-order valence-electron chi connectivity index (χ2n) is 7.04. The summed E-state index contributed by atoms with van der Waals surface area (Å²) in [4.78, 5) is 13.1. The van der Waals surface area contributed by atoms with Gasteiger partial charge in [-0.15, -0.1) is 11.8 Å². The summed E-state index contributed by atoms with van der Waals surface area (Å²) in [5.41, 5.74) is 0.772. The fourth-order valence-electron chi connectivity index (χ4n) is 2.84. The summed E-state index contributed by atoms with van der Waals surface area (Å²) in [6.07, 6.45) is 5.88. The SMILES string of the molecule is CSc1ccccc1NC1CCC(NC(=O)OC(C)(C)C)CC1. The van der Waals surface area contributed by atoms with Crippen molar-refractivity contribution in [3.05, 3.63) is 24.3 Å². The standard InChI is InChI=1S/C18H28N2O2S/c1-18(2,3)22-17(21)20-14-11-9-13(10-12-14)19-15-7-5-6-8-16(15)23-4/h5-8,13-14,19H,9-12H2,1-4H3,(H,20,21). The first-order chi connectivity index (χ1) is 10.9. The number of amides is 1. The number of hydrogen-bond donors (Lipinski definition) is 2. The van der Waals surface area contributed by atoms with Gasteiger partial charge in [0.1, 0.15) is 5.60 Å². The molecule has 128 valence electrons. The van der Waals surface area contributed by atoms with Gasteiger partial charge in [0.25, 0.3) is 0 Å².